The molecule has 0 bridgehead atoms. The summed E-state index contributed by atoms with van der Waals surface area (Å²) in [4.78, 5) is 0. The van der Waals surface area contributed by atoms with Gasteiger partial charge in [-0.05, 0) is 34.2 Å². The van der Waals surface area contributed by atoms with Gasteiger partial charge in [0, 0.05) is 0 Å². The molecular formula is C16H16Cl2. The van der Waals surface area contributed by atoms with Gasteiger partial charge < -0.3 is 0 Å². The molecule has 18 heavy (non-hydrogen) atoms. The first-order chi connectivity index (χ1) is 8.38. The highest BCUT2D eigenvalue weighted by Crippen LogP contribution is 2.30. The molecule has 0 aliphatic heterocycles. The van der Waals surface area contributed by atoms with Crippen LogP contribution < -0.4 is 0 Å². The van der Waals surface area contributed by atoms with E-state index in [1.54, 1.807) is 0 Å². The summed E-state index contributed by atoms with van der Waals surface area (Å²) in [5.74, 6) is 0. The molecule has 0 N–H and O–H groups in total. The lowest BCUT2D eigenvalue weighted by molar-refractivity contribution is 0.590. The van der Waals surface area contributed by atoms with Crippen molar-refractivity contribution in [3.05, 3.63) is 58.1 Å². The van der Waals surface area contributed by atoms with E-state index < -0.39 is 0 Å². The van der Waals surface area contributed by atoms with Crippen LogP contribution in [-0.2, 0) is 5.41 Å². The molecule has 2 aromatic carbocycles. The Morgan fingerprint density at radius 2 is 1.28 bits per heavy atom. The van der Waals surface area contributed by atoms with E-state index in [-0.39, 0.29) is 5.41 Å². The highest BCUT2D eigenvalue weighted by molar-refractivity contribution is 6.42. The van der Waals surface area contributed by atoms with Crippen molar-refractivity contribution in [3.8, 4) is 11.1 Å². The molecule has 0 radical (unpaired) electrons. The minimum atomic E-state index is 0.177. The summed E-state index contributed by atoms with van der Waals surface area (Å²) in [6.45, 7) is 6.63. The van der Waals surface area contributed by atoms with Crippen molar-refractivity contribution in [2.45, 2.75) is 26.2 Å². The SMILES string of the molecule is CC(C)(C)c1ccc(-c2ccc(Cl)c(Cl)c2)cc1. The maximum Gasteiger partial charge on any atom is 0.0598 e. The second-order valence-corrected chi connectivity index (χ2v) is 6.27. The lowest BCUT2D eigenvalue weighted by Crippen LogP contribution is -2.10. The molecule has 0 amide bonds. The van der Waals surface area contributed by atoms with Crippen molar-refractivity contribution < 1.29 is 0 Å². The number of hydrogen-bond donors (Lipinski definition) is 0. The Hall–Kier alpha value is -0.980. The Labute approximate surface area is 119 Å². The van der Waals surface area contributed by atoms with Gasteiger partial charge in [0.15, 0.2) is 0 Å². The van der Waals surface area contributed by atoms with Gasteiger partial charge in [-0.25, -0.2) is 0 Å². The molecule has 0 unspecified atom stereocenters. The summed E-state index contributed by atoms with van der Waals surface area (Å²) in [6.07, 6.45) is 0. The van der Waals surface area contributed by atoms with Crippen LogP contribution in [0.4, 0.5) is 0 Å². The highest BCUT2D eigenvalue weighted by Gasteiger charge is 2.13. The zero-order valence-corrected chi connectivity index (χ0v) is 12.3. The van der Waals surface area contributed by atoms with Gasteiger partial charge in [0.05, 0.1) is 10.0 Å². The molecule has 0 saturated heterocycles. The maximum atomic E-state index is 6.04. The fourth-order valence-corrected chi connectivity index (χ4v) is 2.14. The van der Waals surface area contributed by atoms with Gasteiger partial charge >= 0.3 is 0 Å². The van der Waals surface area contributed by atoms with Gasteiger partial charge in [-0.1, -0.05) is 74.3 Å². The van der Waals surface area contributed by atoms with E-state index in [1.165, 1.54) is 5.56 Å². The largest absolute Gasteiger partial charge is 0.0827 e. The van der Waals surface area contributed by atoms with Crippen molar-refractivity contribution in [2.24, 2.45) is 0 Å². The lowest BCUT2D eigenvalue weighted by Gasteiger charge is -2.19. The Bertz CT molecular complexity index is 548. The van der Waals surface area contributed by atoms with Gasteiger partial charge in [0.1, 0.15) is 0 Å². The molecule has 0 spiro atoms. The molecule has 0 saturated carbocycles. The van der Waals surface area contributed by atoms with Crippen LogP contribution in [0.5, 0.6) is 0 Å². The third kappa shape index (κ3) is 2.88. The second kappa shape index (κ2) is 4.95. The molecule has 2 rings (SSSR count). The van der Waals surface area contributed by atoms with Gasteiger partial charge in [-0.3, -0.25) is 0 Å². The van der Waals surface area contributed by atoms with E-state index in [1.807, 2.05) is 18.2 Å². The Morgan fingerprint density at radius 3 is 1.78 bits per heavy atom. The Balaban J connectivity index is 2.37. The molecule has 0 aromatic heterocycles. The first-order valence-corrected chi connectivity index (χ1v) is 6.69. The number of rotatable bonds is 1. The molecule has 0 aliphatic carbocycles. The average molecular weight is 279 g/mol. The van der Waals surface area contributed by atoms with Crippen molar-refractivity contribution in [3.63, 3.8) is 0 Å². The van der Waals surface area contributed by atoms with Crippen LogP contribution in [0.1, 0.15) is 26.3 Å². The smallest absolute Gasteiger partial charge is 0.0598 e. The molecule has 0 atom stereocenters. The van der Waals surface area contributed by atoms with Crippen LogP contribution in [-0.4, -0.2) is 0 Å². The summed E-state index contributed by atoms with van der Waals surface area (Å²) >= 11 is 12.0. The summed E-state index contributed by atoms with van der Waals surface area (Å²) in [7, 11) is 0. The van der Waals surface area contributed by atoms with E-state index in [4.69, 9.17) is 23.2 Å². The van der Waals surface area contributed by atoms with Crippen molar-refractivity contribution in [2.75, 3.05) is 0 Å². The summed E-state index contributed by atoms with van der Waals surface area (Å²) < 4.78 is 0. The van der Waals surface area contributed by atoms with Crippen LogP contribution in [0.25, 0.3) is 11.1 Å². The van der Waals surface area contributed by atoms with Gasteiger partial charge in [-0.2, -0.15) is 0 Å². The molecule has 0 aliphatic rings. The molecule has 2 heteroatoms. The fourth-order valence-electron chi connectivity index (χ4n) is 1.84. The van der Waals surface area contributed by atoms with Crippen LogP contribution in [0.3, 0.4) is 0 Å². The normalized spacial score (nSPS) is 11.6. The van der Waals surface area contributed by atoms with Gasteiger partial charge in [-0.15, -0.1) is 0 Å². The van der Waals surface area contributed by atoms with Crippen molar-refractivity contribution >= 4 is 23.2 Å². The first kappa shape index (κ1) is 13.5. The maximum absolute atomic E-state index is 6.04. The third-order valence-corrected chi connectivity index (χ3v) is 3.74. The summed E-state index contributed by atoms with van der Waals surface area (Å²) in [5.41, 5.74) is 3.74. The Kier molecular flexibility index (Phi) is 3.70. The lowest BCUT2D eigenvalue weighted by atomic mass is 9.86. The van der Waals surface area contributed by atoms with Crippen molar-refractivity contribution in [1.82, 2.24) is 0 Å². The quantitative estimate of drug-likeness (QED) is 0.604. The fraction of sp³-hybridized carbons (Fsp3) is 0.250. The molecule has 0 nitrogen and oxygen atoms in total. The van der Waals surface area contributed by atoms with Crippen LogP contribution in [0.15, 0.2) is 42.5 Å². The zero-order chi connectivity index (χ0) is 13.3. The summed E-state index contributed by atoms with van der Waals surface area (Å²) in [6, 6.07) is 14.3. The van der Waals surface area contributed by atoms with E-state index >= 15 is 0 Å². The zero-order valence-electron chi connectivity index (χ0n) is 10.8. The Morgan fingerprint density at radius 1 is 0.722 bits per heavy atom. The molecule has 0 fully saturated rings. The monoisotopic (exact) mass is 278 g/mol. The standard InChI is InChI=1S/C16H16Cl2/c1-16(2,3)13-7-4-11(5-8-13)12-6-9-14(17)15(18)10-12/h4-10H,1-3H3. The van der Waals surface area contributed by atoms with E-state index in [0.29, 0.717) is 10.0 Å². The van der Waals surface area contributed by atoms with Gasteiger partial charge in [0.2, 0.25) is 0 Å². The minimum absolute atomic E-state index is 0.177. The number of benzene rings is 2. The van der Waals surface area contributed by atoms with E-state index in [0.717, 1.165) is 11.1 Å². The molecule has 2 aromatic rings. The highest BCUT2D eigenvalue weighted by atomic mass is 35.5. The minimum Gasteiger partial charge on any atom is -0.0827 e. The number of halogens is 2. The van der Waals surface area contributed by atoms with Gasteiger partial charge in [0.25, 0.3) is 0 Å². The van der Waals surface area contributed by atoms with Crippen LogP contribution >= 0.6 is 23.2 Å². The van der Waals surface area contributed by atoms with Crippen molar-refractivity contribution in [1.29, 1.82) is 0 Å². The third-order valence-electron chi connectivity index (χ3n) is 3.00. The van der Waals surface area contributed by atoms with Crippen LogP contribution in [0, 0.1) is 0 Å². The van der Waals surface area contributed by atoms with E-state index in [2.05, 4.69) is 45.0 Å². The summed E-state index contributed by atoms with van der Waals surface area (Å²) in [5, 5.41) is 1.18. The number of hydrogen-bond acceptors (Lipinski definition) is 0. The topological polar surface area (TPSA) is 0 Å². The average Bonchev–Trinajstić information content (AvgIpc) is 2.32. The predicted molar refractivity (Wildman–Crippen MR) is 80.6 cm³/mol. The second-order valence-electron chi connectivity index (χ2n) is 5.46. The van der Waals surface area contributed by atoms with Crippen LogP contribution in [0.2, 0.25) is 10.0 Å². The molecular weight excluding hydrogens is 263 g/mol. The molecule has 94 valence electrons. The first-order valence-electron chi connectivity index (χ1n) is 5.94. The van der Waals surface area contributed by atoms with E-state index in [9.17, 15) is 0 Å². The predicted octanol–water partition coefficient (Wildman–Crippen LogP) is 5.96. The molecule has 0 heterocycles.